The van der Waals surface area contributed by atoms with Crippen molar-refractivity contribution in [1.82, 2.24) is 0 Å². The molecule has 1 aromatic carbocycles. The van der Waals surface area contributed by atoms with Crippen molar-refractivity contribution in [1.29, 1.82) is 0 Å². The van der Waals surface area contributed by atoms with E-state index in [4.69, 9.17) is 0 Å². The molecule has 0 aliphatic rings. The molecular weight excluding hydrogens is 346 g/mol. The van der Waals surface area contributed by atoms with Crippen LogP contribution in [0.1, 0.15) is 23.1 Å². The Balaban J connectivity index is 3.58. The fourth-order valence-electron chi connectivity index (χ4n) is 1.79. The van der Waals surface area contributed by atoms with Gasteiger partial charge in [-0.1, -0.05) is 19.1 Å². The highest BCUT2D eigenvalue weighted by Crippen LogP contribution is 2.49. The van der Waals surface area contributed by atoms with Crippen LogP contribution in [0.5, 0.6) is 0 Å². The van der Waals surface area contributed by atoms with Gasteiger partial charge in [0.25, 0.3) is 0 Å². The van der Waals surface area contributed by atoms with Gasteiger partial charge in [-0.3, -0.25) is 0 Å². The first-order valence-electron chi connectivity index (χ1n) is 5.98. The molecule has 0 nitrogen and oxygen atoms in total. The van der Waals surface area contributed by atoms with Crippen molar-refractivity contribution in [3.63, 3.8) is 0 Å². The van der Waals surface area contributed by atoms with Crippen molar-refractivity contribution < 1.29 is 43.9 Å². The fraction of sp³-hybridized carbons (Fsp3) is 0.462. The molecule has 0 unspecified atom stereocenters. The number of aryl methyl sites for hydroxylation is 1. The van der Waals surface area contributed by atoms with Crippen LogP contribution in [0.2, 0.25) is 0 Å². The minimum absolute atomic E-state index is 0.157. The van der Waals surface area contributed by atoms with Crippen molar-refractivity contribution >= 4 is 0 Å². The lowest BCUT2D eigenvalue weighted by atomic mass is 9.93. The molecule has 10 heteroatoms. The van der Waals surface area contributed by atoms with E-state index in [0.29, 0.717) is 6.07 Å². The van der Waals surface area contributed by atoms with Gasteiger partial charge in [0.15, 0.2) is 0 Å². The van der Waals surface area contributed by atoms with Crippen LogP contribution in [0, 0.1) is 6.92 Å². The second-order valence-corrected chi connectivity index (χ2v) is 4.62. The Bertz CT molecular complexity index is 553. The zero-order valence-corrected chi connectivity index (χ0v) is 11.1. The highest BCUT2D eigenvalue weighted by molar-refractivity contribution is 5.38. The quantitative estimate of drug-likeness (QED) is 0.603. The summed E-state index contributed by atoms with van der Waals surface area (Å²) in [6.45, 7) is 3.22. The predicted octanol–water partition coefficient (Wildman–Crippen LogP) is 5.76. The van der Waals surface area contributed by atoms with Gasteiger partial charge in [0.05, 0.1) is 0 Å². The molecule has 0 heterocycles. The summed E-state index contributed by atoms with van der Waals surface area (Å²) in [4.78, 5) is 0. The summed E-state index contributed by atoms with van der Waals surface area (Å²) in [6, 6.07) is 0.121. The fourth-order valence-corrected chi connectivity index (χ4v) is 1.79. The molecular formula is C13H9F10. The molecule has 0 saturated carbocycles. The van der Waals surface area contributed by atoms with Gasteiger partial charge in [0, 0.05) is 11.1 Å². The Morgan fingerprint density at radius 2 is 1.22 bits per heavy atom. The average Bonchev–Trinajstić information content (AvgIpc) is 2.36. The molecule has 0 aromatic heterocycles. The van der Waals surface area contributed by atoms with Crippen LogP contribution in [0.3, 0.4) is 0 Å². The summed E-state index contributed by atoms with van der Waals surface area (Å²) in [5, 5.41) is 0. The summed E-state index contributed by atoms with van der Waals surface area (Å²) >= 11 is 0. The van der Waals surface area contributed by atoms with Gasteiger partial charge in [0.1, 0.15) is 0 Å². The number of hydrogen-bond acceptors (Lipinski definition) is 0. The van der Waals surface area contributed by atoms with Gasteiger partial charge in [-0.2, -0.15) is 43.9 Å². The van der Waals surface area contributed by atoms with E-state index >= 15 is 0 Å². The van der Waals surface area contributed by atoms with Crippen LogP contribution < -0.4 is 0 Å². The maximum atomic E-state index is 13.4. The summed E-state index contributed by atoms with van der Waals surface area (Å²) in [5.74, 6) is -11.1. The predicted molar refractivity (Wildman–Crippen MR) is 60.0 cm³/mol. The molecule has 0 saturated heterocycles. The summed E-state index contributed by atoms with van der Waals surface area (Å²) < 4.78 is 127. The van der Waals surface area contributed by atoms with E-state index in [2.05, 4.69) is 6.92 Å². The lowest BCUT2D eigenvalue weighted by Gasteiger charge is -2.25. The van der Waals surface area contributed by atoms with Crippen LogP contribution in [0.25, 0.3) is 0 Å². The van der Waals surface area contributed by atoms with Crippen molar-refractivity contribution in [2.45, 2.75) is 37.0 Å². The second-order valence-electron chi connectivity index (χ2n) is 4.62. The van der Waals surface area contributed by atoms with Gasteiger partial charge in [-0.15, -0.1) is 0 Å². The first-order chi connectivity index (χ1) is 10.2. The van der Waals surface area contributed by atoms with E-state index in [0.717, 1.165) is 0 Å². The Labute approximate surface area is 124 Å². The van der Waals surface area contributed by atoms with E-state index < -0.39 is 53.4 Å². The lowest BCUT2D eigenvalue weighted by molar-refractivity contribution is -0.292. The molecule has 0 atom stereocenters. The molecule has 0 fully saturated rings. The van der Waals surface area contributed by atoms with E-state index in [1.807, 2.05) is 0 Å². The lowest BCUT2D eigenvalue weighted by Crippen LogP contribution is -2.37. The Hall–Kier alpha value is -1.48. The summed E-state index contributed by atoms with van der Waals surface area (Å²) in [5.41, 5.74) is -4.63. The van der Waals surface area contributed by atoms with Gasteiger partial charge in [-0.25, -0.2) is 0 Å². The number of benzene rings is 1. The van der Waals surface area contributed by atoms with Crippen LogP contribution >= 0.6 is 0 Å². The Morgan fingerprint density at radius 3 is 1.61 bits per heavy atom. The molecule has 131 valence electrons. The molecule has 1 aromatic rings. The number of hydrogen-bond donors (Lipinski definition) is 0. The van der Waals surface area contributed by atoms with Crippen LogP contribution in [-0.4, -0.2) is 12.4 Å². The Kier molecular flexibility index (Phi) is 4.99. The molecule has 1 rings (SSSR count). The third-order valence-electron chi connectivity index (χ3n) is 2.97. The molecule has 0 spiro atoms. The number of halogens is 10. The SMILES string of the molecule is [CH2]CCc1ccc(C(F)(F)C(F)(F)F)cc1C(F)(F)C(F)(F)F. The molecule has 0 aliphatic carbocycles. The van der Waals surface area contributed by atoms with Crippen molar-refractivity contribution in [3.05, 3.63) is 41.8 Å². The molecule has 0 bridgehead atoms. The monoisotopic (exact) mass is 355 g/mol. The average molecular weight is 355 g/mol. The standard InChI is InChI=1S/C13H9F10/c1-2-3-7-4-5-8(10(14,15)12(18,19)20)6-9(7)11(16,17)13(21,22)23/h4-6H,1-3H2. The van der Waals surface area contributed by atoms with E-state index in [9.17, 15) is 43.9 Å². The smallest absolute Gasteiger partial charge is 0.191 e. The molecule has 0 aliphatic heterocycles. The normalized spacial score (nSPS) is 14.2. The van der Waals surface area contributed by atoms with E-state index in [1.165, 1.54) is 0 Å². The first-order valence-corrected chi connectivity index (χ1v) is 5.98. The maximum Gasteiger partial charge on any atom is 0.458 e. The van der Waals surface area contributed by atoms with Crippen molar-refractivity contribution in [2.24, 2.45) is 0 Å². The highest BCUT2D eigenvalue weighted by Gasteiger charge is 2.62. The van der Waals surface area contributed by atoms with Crippen LogP contribution in [-0.2, 0) is 18.3 Å². The molecule has 1 radical (unpaired) electrons. The molecule has 0 N–H and O–H groups in total. The summed E-state index contributed by atoms with van der Waals surface area (Å²) in [7, 11) is 0. The highest BCUT2D eigenvalue weighted by atomic mass is 19.4. The molecule has 0 amide bonds. The van der Waals surface area contributed by atoms with Crippen molar-refractivity contribution in [2.75, 3.05) is 0 Å². The second kappa shape index (κ2) is 5.86. The first kappa shape index (κ1) is 19.6. The number of alkyl halides is 10. The van der Waals surface area contributed by atoms with E-state index in [-0.39, 0.29) is 12.5 Å². The maximum absolute atomic E-state index is 13.4. The molecule has 23 heavy (non-hydrogen) atoms. The van der Waals surface area contributed by atoms with E-state index in [1.54, 1.807) is 0 Å². The third-order valence-corrected chi connectivity index (χ3v) is 2.97. The summed E-state index contributed by atoms with van der Waals surface area (Å²) in [6.07, 6.45) is -12.9. The van der Waals surface area contributed by atoms with Crippen LogP contribution in [0.15, 0.2) is 18.2 Å². The third kappa shape index (κ3) is 3.55. The van der Waals surface area contributed by atoms with Gasteiger partial charge < -0.3 is 0 Å². The van der Waals surface area contributed by atoms with Gasteiger partial charge in [0.2, 0.25) is 0 Å². The van der Waals surface area contributed by atoms with Gasteiger partial charge in [-0.05, 0) is 24.5 Å². The van der Waals surface area contributed by atoms with Crippen LogP contribution in [0.4, 0.5) is 43.9 Å². The Morgan fingerprint density at radius 1 is 0.739 bits per heavy atom. The number of rotatable bonds is 4. The largest absolute Gasteiger partial charge is 0.458 e. The van der Waals surface area contributed by atoms with Crippen molar-refractivity contribution in [3.8, 4) is 0 Å². The topological polar surface area (TPSA) is 0 Å². The van der Waals surface area contributed by atoms with Gasteiger partial charge >= 0.3 is 24.2 Å². The minimum atomic E-state index is -6.14. The zero-order valence-electron chi connectivity index (χ0n) is 11.1. The minimum Gasteiger partial charge on any atom is -0.191 e. The zero-order chi connectivity index (χ0) is 18.3.